The first-order valence-electron chi connectivity index (χ1n) is 6.56. The van der Waals surface area contributed by atoms with Crippen molar-refractivity contribution < 1.29 is 9.90 Å². The average molecular weight is 281 g/mol. The molecule has 1 unspecified atom stereocenters. The summed E-state index contributed by atoms with van der Waals surface area (Å²) >= 11 is 1.53. The summed E-state index contributed by atoms with van der Waals surface area (Å²) in [4.78, 5) is 13.1. The fraction of sp³-hybridized carbons (Fsp3) is 0.533. The van der Waals surface area contributed by atoms with E-state index in [9.17, 15) is 4.79 Å². The fourth-order valence-corrected chi connectivity index (χ4v) is 2.32. The number of amides is 1. The molecule has 2 N–H and O–H groups in total. The minimum atomic E-state index is -0.160. The second kappa shape index (κ2) is 6.96. The SMILES string of the molecule is CCC(C)(C)NC(=O)C(C)Sc1ccc(CO)cc1. The largest absolute Gasteiger partial charge is 0.392 e. The van der Waals surface area contributed by atoms with Gasteiger partial charge in [-0.3, -0.25) is 4.79 Å². The molecule has 1 aromatic carbocycles. The molecule has 0 saturated heterocycles. The molecule has 0 saturated carbocycles. The molecule has 0 aliphatic rings. The molecule has 0 bridgehead atoms. The first kappa shape index (κ1) is 16.1. The van der Waals surface area contributed by atoms with E-state index in [1.54, 1.807) is 0 Å². The van der Waals surface area contributed by atoms with Crippen LogP contribution in [-0.2, 0) is 11.4 Å². The minimum Gasteiger partial charge on any atom is -0.392 e. The van der Waals surface area contributed by atoms with Crippen LogP contribution < -0.4 is 5.32 Å². The Kier molecular flexibility index (Phi) is 5.88. The van der Waals surface area contributed by atoms with Crippen molar-refractivity contribution >= 4 is 17.7 Å². The zero-order valence-electron chi connectivity index (χ0n) is 12.1. The number of hydrogen-bond donors (Lipinski definition) is 2. The van der Waals surface area contributed by atoms with Crippen LogP contribution in [-0.4, -0.2) is 21.8 Å². The molecule has 0 aliphatic carbocycles. The minimum absolute atomic E-state index is 0.0473. The van der Waals surface area contributed by atoms with Crippen LogP contribution in [0, 0.1) is 0 Å². The lowest BCUT2D eigenvalue weighted by atomic mass is 10.0. The molecule has 19 heavy (non-hydrogen) atoms. The Morgan fingerprint density at radius 3 is 2.42 bits per heavy atom. The van der Waals surface area contributed by atoms with E-state index in [2.05, 4.69) is 12.2 Å². The van der Waals surface area contributed by atoms with E-state index < -0.39 is 0 Å². The maximum atomic E-state index is 12.1. The topological polar surface area (TPSA) is 49.3 Å². The van der Waals surface area contributed by atoms with Crippen molar-refractivity contribution in [3.05, 3.63) is 29.8 Å². The number of thioether (sulfide) groups is 1. The Bertz CT molecular complexity index is 415. The van der Waals surface area contributed by atoms with Crippen LogP contribution in [0.5, 0.6) is 0 Å². The lowest BCUT2D eigenvalue weighted by molar-refractivity contribution is -0.121. The van der Waals surface area contributed by atoms with Gasteiger partial charge < -0.3 is 10.4 Å². The van der Waals surface area contributed by atoms with E-state index in [4.69, 9.17) is 5.11 Å². The van der Waals surface area contributed by atoms with E-state index in [1.807, 2.05) is 45.0 Å². The Morgan fingerprint density at radius 1 is 1.37 bits per heavy atom. The molecule has 1 aromatic rings. The van der Waals surface area contributed by atoms with Crippen LogP contribution in [0.15, 0.2) is 29.2 Å². The fourth-order valence-electron chi connectivity index (χ4n) is 1.45. The van der Waals surface area contributed by atoms with E-state index >= 15 is 0 Å². The van der Waals surface area contributed by atoms with Gasteiger partial charge >= 0.3 is 0 Å². The highest BCUT2D eigenvalue weighted by molar-refractivity contribution is 8.00. The highest BCUT2D eigenvalue weighted by Gasteiger charge is 2.22. The van der Waals surface area contributed by atoms with Crippen molar-refractivity contribution in [2.75, 3.05) is 0 Å². The number of benzene rings is 1. The molecule has 0 aromatic heterocycles. The van der Waals surface area contributed by atoms with Gasteiger partial charge in [0.15, 0.2) is 0 Å². The van der Waals surface area contributed by atoms with Crippen LogP contribution in [0.4, 0.5) is 0 Å². The van der Waals surface area contributed by atoms with Crippen LogP contribution >= 0.6 is 11.8 Å². The second-order valence-corrected chi connectivity index (χ2v) is 6.70. The van der Waals surface area contributed by atoms with Gasteiger partial charge in [0.2, 0.25) is 5.91 Å². The number of hydrogen-bond acceptors (Lipinski definition) is 3. The molecule has 3 nitrogen and oxygen atoms in total. The van der Waals surface area contributed by atoms with Crippen LogP contribution in [0.2, 0.25) is 0 Å². The van der Waals surface area contributed by atoms with Crippen molar-refractivity contribution in [3.63, 3.8) is 0 Å². The molecular weight excluding hydrogens is 258 g/mol. The van der Waals surface area contributed by atoms with Crippen molar-refractivity contribution in [1.29, 1.82) is 0 Å². The highest BCUT2D eigenvalue weighted by atomic mass is 32.2. The lowest BCUT2D eigenvalue weighted by Crippen LogP contribution is -2.46. The third kappa shape index (κ3) is 5.25. The predicted octanol–water partition coefficient (Wildman–Crippen LogP) is 2.96. The van der Waals surface area contributed by atoms with Crippen molar-refractivity contribution in [1.82, 2.24) is 5.32 Å². The molecule has 0 fully saturated rings. The van der Waals surface area contributed by atoms with Gasteiger partial charge in [0.1, 0.15) is 0 Å². The molecule has 1 rings (SSSR count). The first-order valence-corrected chi connectivity index (χ1v) is 7.44. The third-order valence-electron chi connectivity index (χ3n) is 3.13. The molecule has 0 heterocycles. The van der Waals surface area contributed by atoms with E-state index in [-0.39, 0.29) is 23.3 Å². The van der Waals surface area contributed by atoms with Gasteiger partial charge in [-0.15, -0.1) is 11.8 Å². The first-order chi connectivity index (χ1) is 8.88. The Hall–Kier alpha value is -1.00. The monoisotopic (exact) mass is 281 g/mol. The average Bonchev–Trinajstić information content (AvgIpc) is 2.39. The number of carbonyl (C=O) groups excluding carboxylic acids is 1. The molecule has 0 spiro atoms. The van der Waals surface area contributed by atoms with Crippen molar-refractivity contribution in [2.45, 2.75) is 56.4 Å². The summed E-state index contributed by atoms with van der Waals surface area (Å²) in [7, 11) is 0. The smallest absolute Gasteiger partial charge is 0.233 e. The number of nitrogens with one attached hydrogen (secondary N) is 1. The molecule has 1 atom stereocenters. The molecule has 0 radical (unpaired) electrons. The maximum Gasteiger partial charge on any atom is 0.233 e. The lowest BCUT2D eigenvalue weighted by Gasteiger charge is -2.26. The van der Waals surface area contributed by atoms with Gasteiger partial charge in [-0.1, -0.05) is 19.1 Å². The third-order valence-corrected chi connectivity index (χ3v) is 4.25. The van der Waals surface area contributed by atoms with Crippen LogP contribution in [0.25, 0.3) is 0 Å². The number of rotatable bonds is 6. The molecule has 106 valence electrons. The van der Waals surface area contributed by atoms with Crippen molar-refractivity contribution in [3.8, 4) is 0 Å². The summed E-state index contributed by atoms with van der Waals surface area (Å²) in [5.74, 6) is 0.0584. The summed E-state index contributed by atoms with van der Waals surface area (Å²) in [6.45, 7) is 8.07. The Labute approximate surface area is 119 Å². The zero-order chi connectivity index (χ0) is 14.5. The number of aliphatic hydroxyl groups excluding tert-OH is 1. The highest BCUT2D eigenvalue weighted by Crippen LogP contribution is 2.24. The maximum absolute atomic E-state index is 12.1. The van der Waals surface area contributed by atoms with Gasteiger partial charge in [-0.2, -0.15) is 0 Å². The van der Waals surface area contributed by atoms with Gasteiger partial charge in [-0.25, -0.2) is 0 Å². The van der Waals surface area contributed by atoms with E-state index in [0.29, 0.717) is 0 Å². The molecule has 4 heteroatoms. The summed E-state index contributed by atoms with van der Waals surface area (Å²) in [6.07, 6.45) is 0.904. The molecular formula is C15H23NO2S. The van der Waals surface area contributed by atoms with Crippen molar-refractivity contribution in [2.24, 2.45) is 0 Å². The predicted molar refractivity (Wildman–Crippen MR) is 80.2 cm³/mol. The van der Waals surface area contributed by atoms with Gasteiger partial charge in [0.25, 0.3) is 0 Å². The summed E-state index contributed by atoms with van der Waals surface area (Å²) in [5, 5.41) is 11.9. The van der Waals surface area contributed by atoms with Crippen LogP contribution in [0.3, 0.4) is 0 Å². The van der Waals surface area contributed by atoms with E-state index in [0.717, 1.165) is 16.9 Å². The Balaban J connectivity index is 2.58. The van der Waals surface area contributed by atoms with Crippen LogP contribution in [0.1, 0.15) is 39.7 Å². The van der Waals surface area contributed by atoms with Gasteiger partial charge in [-0.05, 0) is 44.9 Å². The molecule has 0 aliphatic heterocycles. The number of aliphatic hydroxyl groups is 1. The molecule has 1 amide bonds. The van der Waals surface area contributed by atoms with Gasteiger partial charge in [0, 0.05) is 10.4 Å². The standard InChI is InChI=1S/C15H23NO2S/c1-5-15(3,4)16-14(18)11(2)19-13-8-6-12(10-17)7-9-13/h6-9,11,17H,5,10H2,1-4H3,(H,16,18). The van der Waals surface area contributed by atoms with Gasteiger partial charge in [0.05, 0.1) is 11.9 Å². The quantitative estimate of drug-likeness (QED) is 0.788. The normalized spacial score (nSPS) is 13.1. The zero-order valence-corrected chi connectivity index (χ0v) is 12.9. The second-order valence-electron chi connectivity index (χ2n) is 5.29. The number of carbonyl (C=O) groups is 1. The Morgan fingerprint density at radius 2 is 1.95 bits per heavy atom. The summed E-state index contributed by atoms with van der Waals surface area (Å²) in [5.41, 5.74) is 0.723. The summed E-state index contributed by atoms with van der Waals surface area (Å²) < 4.78 is 0. The van der Waals surface area contributed by atoms with E-state index in [1.165, 1.54) is 11.8 Å². The summed E-state index contributed by atoms with van der Waals surface area (Å²) in [6, 6.07) is 7.63.